The Morgan fingerprint density at radius 1 is 1.50 bits per heavy atom. The molecule has 0 aliphatic carbocycles. The number of carbonyl (C=O) groups excluding carboxylic acids is 1. The molecule has 0 saturated carbocycles. The van der Waals surface area contributed by atoms with Crippen molar-refractivity contribution in [2.75, 3.05) is 0 Å². The normalized spacial score (nSPS) is 12.2. The van der Waals surface area contributed by atoms with Crippen LogP contribution in [0, 0.1) is 4.77 Å². The van der Waals surface area contributed by atoms with Crippen LogP contribution >= 0.6 is 23.6 Å². The number of carbonyl (C=O) groups is 1. The molecule has 0 aliphatic heterocycles. The molecule has 0 fully saturated rings. The van der Waals surface area contributed by atoms with Gasteiger partial charge in [-0.15, -0.1) is 11.3 Å². The van der Waals surface area contributed by atoms with Crippen molar-refractivity contribution in [1.29, 1.82) is 0 Å². The molecule has 1 unspecified atom stereocenters. The topological polar surface area (TPSA) is 75.8 Å². The number of thiophene rings is 1. The Morgan fingerprint density at radius 3 is 3.08 bits per heavy atom. The number of rotatable bonds is 7. The van der Waals surface area contributed by atoms with Crippen LogP contribution < -0.4 is 5.32 Å². The number of H-pyrrole nitrogens is 1. The van der Waals surface area contributed by atoms with Gasteiger partial charge in [-0.2, -0.15) is 5.10 Å². The largest absolute Gasteiger partial charge is 0.469 e. The van der Waals surface area contributed by atoms with Gasteiger partial charge in [0.2, 0.25) is 5.91 Å². The fourth-order valence-electron chi connectivity index (χ4n) is 2.41. The highest BCUT2D eigenvalue weighted by atomic mass is 32.1. The third-order valence-corrected chi connectivity index (χ3v) is 4.79. The second-order valence-corrected chi connectivity index (χ2v) is 6.84. The lowest BCUT2D eigenvalue weighted by Crippen LogP contribution is -2.35. The predicted molar refractivity (Wildman–Crippen MR) is 95.4 cm³/mol. The van der Waals surface area contributed by atoms with Crippen LogP contribution in [-0.2, 0) is 17.8 Å². The SMILES string of the molecule is CC(CCc1ccco1)NC(=O)Cn1c(-c2cccs2)n[nH]c1=S. The maximum atomic E-state index is 12.3. The fourth-order valence-corrected chi connectivity index (χ4v) is 3.33. The number of hydrogen-bond donors (Lipinski definition) is 2. The zero-order valence-corrected chi connectivity index (χ0v) is 14.8. The molecule has 2 N–H and O–H groups in total. The average molecular weight is 362 g/mol. The zero-order valence-electron chi connectivity index (χ0n) is 13.2. The maximum Gasteiger partial charge on any atom is 0.240 e. The first kappa shape index (κ1) is 16.7. The molecule has 0 spiro atoms. The van der Waals surface area contributed by atoms with Crippen LogP contribution in [0.2, 0.25) is 0 Å². The van der Waals surface area contributed by atoms with Crippen molar-refractivity contribution in [3.63, 3.8) is 0 Å². The lowest BCUT2D eigenvalue weighted by atomic mass is 10.1. The Hall–Kier alpha value is -2.19. The van der Waals surface area contributed by atoms with Gasteiger partial charge in [-0.1, -0.05) is 6.07 Å². The second kappa shape index (κ2) is 7.59. The maximum absolute atomic E-state index is 12.3. The van der Waals surface area contributed by atoms with Gasteiger partial charge in [0.05, 0.1) is 11.1 Å². The summed E-state index contributed by atoms with van der Waals surface area (Å²) in [4.78, 5) is 13.3. The minimum absolute atomic E-state index is 0.0499. The van der Waals surface area contributed by atoms with Crippen molar-refractivity contribution in [3.8, 4) is 10.7 Å². The van der Waals surface area contributed by atoms with Gasteiger partial charge in [-0.05, 0) is 49.1 Å². The fraction of sp³-hybridized carbons (Fsp3) is 0.312. The van der Waals surface area contributed by atoms with Crippen molar-refractivity contribution < 1.29 is 9.21 Å². The molecule has 3 aromatic heterocycles. The van der Waals surface area contributed by atoms with Crippen LogP contribution in [0.1, 0.15) is 19.1 Å². The van der Waals surface area contributed by atoms with E-state index in [2.05, 4.69) is 15.5 Å². The zero-order chi connectivity index (χ0) is 16.9. The summed E-state index contributed by atoms with van der Waals surface area (Å²) in [6.45, 7) is 2.13. The number of aromatic amines is 1. The molecule has 0 bridgehead atoms. The van der Waals surface area contributed by atoms with E-state index in [4.69, 9.17) is 16.6 Å². The molecule has 3 aromatic rings. The van der Waals surface area contributed by atoms with Crippen LogP contribution in [0.25, 0.3) is 10.7 Å². The van der Waals surface area contributed by atoms with Crippen molar-refractivity contribution in [3.05, 3.63) is 46.4 Å². The number of nitrogens with one attached hydrogen (secondary N) is 2. The molecule has 0 aromatic carbocycles. The van der Waals surface area contributed by atoms with Gasteiger partial charge >= 0.3 is 0 Å². The summed E-state index contributed by atoms with van der Waals surface area (Å²) >= 11 is 6.80. The summed E-state index contributed by atoms with van der Waals surface area (Å²) in [5.41, 5.74) is 0. The summed E-state index contributed by atoms with van der Waals surface area (Å²) in [5, 5.41) is 11.9. The number of aryl methyl sites for hydroxylation is 1. The van der Waals surface area contributed by atoms with E-state index >= 15 is 0 Å². The molecule has 1 atom stereocenters. The third-order valence-electron chi connectivity index (χ3n) is 3.61. The van der Waals surface area contributed by atoms with E-state index in [0.29, 0.717) is 10.6 Å². The van der Waals surface area contributed by atoms with Gasteiger partial charge in [0, 0.05) is 12.5 Å². The molecular formula is C16H18N4O2S2. The molecule has 3 rings (SSSR count). The van der Waals surface area contributed by atoms with Crippen molar-refractivity contribution in [1.82, 2.24) is 20.1 Å². The first-order valence-electron chi connectivity index (χ1n) is 7.64. The minimum Gasteiger partial charge on any atom is -0.469 e. The Kier molecular flexibility index (Phi) is 5.27. The van der Waals surface area contributed by atoms with E-state index in [0.717, 1.165) is 23.5 Å². The Bertz CT molecular complexity index is 834. The van der Waals surface area contributed by atoms with E-state index < -0.39 is 0 Å². The van der Waals surface area contributed by atoms with Gasteiger partial charge in [0.25, 0.3) is 0 Å². The number of hydrogen-bond acceptors (Lipinski definition) is 5. The van der Waals surface area contributed by atoms with Crippen LogP contribution in [0.4, 0.5) is 0 Å². The quantitative estimate of drug-likeness (QED) is 0.632. The third kappa shape index (κ3) is 4.01. The molecule has 1 amide bonds. The van der Waals surface area contributed by atoms with E-state index in [1.807, 2.05) is 36.6 Å². The van der Waals surface area contributed by atoms with E-state index in [1.165, 1.54) is 0 Å². The van der Waals surface area contributed by atoms with E-state index in [1.54, 1.807) is 22.2 Å². The van der Waals surface area contributed by atoms with Gasteiger partial charge in [0.1, 0.15) is 12.3 Å². The van der Waals surface area contributed by atoms with E-state index in [-0.39, 0.29) is 18.5 Å². The highest BCUT2D eigenvalue weighted by Gasteiger charge is 2.14. The number of furan rings is 1. The summed E-state index contributed by atoms with van der Waals surface area (Å²) in [5.74, 6) is 1.53. The molecule has 0 aliphatic rings. The first-order valence-corrected chi connectivity index (χ1v) is 8.93. The van der Waals surface area contributed by atoms with Crippen LogP contribution in [0.15, 0.2) is 40.3 Å². The van der Waals surface area contributed by atoms with Crippen LogP contribution in [-0.4, -0.2) is 26.7 Å². The molecule has 0 radical (unpaired) electrons. The van der Waals surface area contributed by atoms with Gasteiger partial charge in [-0.3, -0.25) is 14.5 Å². The second-order valence-electron chi connectivity index (χ2n) is 5.50. The van der Waals surface area contributed by atoms with Gasteiger partial charge in [-0.25, -0.2) is 0 Å². The molecule has 126 valence electrons. The summed E-state index contributed by atoms with van der Waals surface area (Å²) in [6, 6.07) is 7.75. The molecular weight excluding hydrogens is 344 g/mol. The van der Waals surface area contributed by atoms with Gasteiger partial charge in [0.15, 0.2) is 10.6 Å². The highest BCUT2D eigenvalue weighted by Crippen LogP contribution is 2.22. The molecule has 3 heterocycles. The van der Waals surface area contributed by atoms with E-state index in [9.17, 15) is 4.79 Å². The van der Waals surface area contributed by atoms with Crippen molar-refractivity contribution >= 4 is 29.5 Å². The minimum atomic E-state index is -0.0859. The van der Waals surface area contributed by atoms with Crippen molar-refractivity contribution in [2.24, 2.45) is 0 Å². The Labute approximate surface area is 148 Å². The highest BCUT2D eigenvalue weighted by molar-refractivity contribution is 7.71. The first-order chi connectivity index (χ1) is 11.6. The van der Waals surface area contributed by atoms with Crippen molar-refractivity contribution in [2.45, 2.75) is 32.4 Å². The Balaban J connectivity index is 1.59. The molecule has 8 heteroatoms. The molecule has 0 saturated heterocycles. The predicted octanol–water partition coefficient (Wildman–Crippen LogP) is 3.40. The standard InChI is InChI=1S/C16H18N4O2S2/c1-11(6-7-12-4-2-8-22-12)17-14(21)10-20-15(18-19-16(20)23)13-5-3-9-24-13/h2-5,8-9,11H,6-7,10H2,1H3,(H,17,21)(H,19,23). The monoisotopic (exact) mass is 362 g/mol. The average Bonchev–Trinajstić information content (AvgIpc) is 3.28. The summed E-state index contributed by atoms with van der Waals surface area (Å²) < 4.78 is 7.46. The van der Waals surface area contributed by atoms with Gasteiger partial charge < -0.3 is 9.73 Å². The number of aromatic nitrogens is 3. The van der Waals surface area contributed by atoms with Crippen LogP contribution in [0.3, 0.4) is 0 Å². The number of amides is 1. The lowest BCUT2D eigenvalue weighted by Gasteiger charge is -2.14. The molecule has 6 nitrogen and oxygen atoms in total. The summed E-state index contributed by atoms with van der Waals surface area (Å²) in [6.07, 6.45) is 3.26. The lowest BCUT2D eigenvalue weighted by molar-refractivity contribution is -0.122. The number of nitrogens with zero attached hydrogens (tertiary/aromatic N) is 2. The summed E-state index contributed by atoms with van der Waals surface area (Å²) in [7, 11) is 0. The van der Waals surface area contributed by atoms with Crippen LogP contribution in [0.5, 0.6) is 0 Å². The molecule has 24 heavy (non-hydrogen) atoms. The Morgan fingerprint density at radius 2 is 2.38 bits per heavy atom. The smallest absolute Gasteiger partial charge is 0.240 e.